The highest BCUT2D eigenvalue weighted by Gasteiger charge is 2.24. The van der Waals surface area contributed by atoms with E-state index in [1.54, 1.807) is 11.7 Å². The summed E-state index contributed by atoms with van der Waals surface area (Å²) in [6, 6.07) is 0. The Bertz CT molecular complexity index is 634. The van der Waals surface area contributed by atoms with Crippen LogP contribution in [0.25, 0.3) is 10.7 Å². The maximum absolute atomic E-state index is 11.4. The average molecular weight is 307 g/mol. The molecule has 18 heavy (non-hydrogen) atoms. The van der Waals surface area contributed by atoms with Crippen LogP contribution in [-0.4, -0.2) is 28.2 Å². The van der Waals surface area contributed by atoms with Crippen LogP contribution in [0.15, 0.2) is 16.9 Å². The second-order valence-corrected chi connectivity index (χ2v) is 7.46. The molecule has 0 N–H and O–H groups in total. The molecule has 0 radical (unpaired) electrons. The van der Waals surface area contributed by atoms with E-state index in [2.05, 4.69) is 15.2 Å². The molecule has 2 rings (SSSR count). The first-order valence-electron chi connectivity index (χ1n) is 5.16. The molecule has 2 aromatic rings. The van der Waals surface area contributed by atoms with Gasteiger partial charge in [0.05, 0.1) is 10.4 Å². The number of hydrogen-bond donors (Lipinski definition) is 0. The van der Waals surface area contributed by atoms with Gasteiger partial charge in [-0.3, -0.25) is 9.55 Å². The van der Waals surface area contributed by atoms with Crippen molar-refractivity contribution in [3.8, 4) is 10.7 Å². The highest BCUT2D eigenvalue weighted by Crippen LogP contribution is 2.25. The Morgan fingerprint density at radius 1 is 1.44 bits per heavy atom. The smallest absolute Gasteiger partial charge is 0.296 e. The molecule has 0 aromatic carbocycles. The van der Waals surface area contributed by atoms with Gasteiger partial charge in [-0.05, 0) is 5.92 Å². The third-order valence-electron chi connectivity index (χ3n) is 2.14. The van der Waals surface area contributed by atoms with E-state index < -0.39 is 9.05 Å². The zero-order valence-electron chi connectivity index (χ0n) is 9.74. The molecule has 0 saturated carbocycles. The van der Waals surface area contributed by atoms with Gasteiger partial charge in [0.25, 0.3) is 14.2 Å². The van der Waals surface area contributed by atoms with Gasteiger partial charge in [0, 0.05) is 23.4 Å². The molecule has 0 bridgehead atoms. The first-order chi connectivity index (χ1) is 8.39. The van der Waals surface area contributed by atoms with Gasteiger partial charge < -0.3 is 0 Å². The molecule has 0 aliphatic carbocycles. The summed E-state index contributed by atoms with van der Waals surface area (Å²) in [4.78, 5) is 4.70. The molecule has 0 saturated heterocycles. The predicted octanol–water partition coefficient (Wildman–Crippen LogP) is 1.99. The number of aromatic nitrogens is 4. The first-order valence-corrected chi connectivity index (χ1v) is 8.35. The van der Waals surface area contributed by atoms with E-state index in [1.165, 1.54) is 15.9 Å². The molecule has 0 atom stereocenters. The molecule has 0 spiro atoms. The normalized spacial score (nSPS) is 12.2. The van der Waals surface area contributed by atoms with E-state index in [-0.39, 0.29) is 11.1 Å². The molecular formula is C9H11ClN4O2S2. The maximum Gasteiger partial charge on any atom is 0.296 e. The van der Waals surface area contributed by atoms with Gasteiger partial charge in [0.1, 0.15) is 0 Å². The van der Waals surface area contributed by atoms with Crippen LogP contribution in [0.4, 0.5) is 0 Å². The van der Waals surface area contributed by atoms with Crippen molar-refractivity contribution in [1.82, 2.24) is 19.7 Å². The SMILES string of the molecule is CC(C)Cn1c(-c2cncs2)nnc1S(=O)(=O)Cl. The van der Waals surface area contributed by atoms with Gasteiger partial charge >= 0.3 is 0 Å². The van der Waals surface area contributed by atoms with Crippen molar-refractivity contribution in [3.05, 3.63) is 11.7 Å². The molecular weight excluding hydrogens is 296 g/mol. The van der Waals surface area contributed by atoms with Crippen molar-refractivity contribution in [2.45, 2.75) is 25.5 Å². The minimum Gasteiger partial charge on any atom is -0.296 e. The molecule has 0 amide bonds. The van der Waals surface area contributed by atoms with E-state index in [0.29, 0.717) is 12.4 Å². The van der Waals surface area contributed by atoms with Gasteiger partial charge in [-0.15, -0.1) is 21.5 Å². The van der Waals surface area contributed by atoms with Gasteiger partial charge in [0.15, 0.2) is 5.82 Å². The fourth-order valence-corrected chi connectivity index (χ4v) is 3.03. The van der Waals surface area contributed by atoms with Crippen LogP contribution in [0.1, 0.15) is 13.8 Å². The third kappa shape index (κ3) is 2.70. The monoisotopic (exact) mass is 306 g/mol. The van der Waals surface area contributed by atoms with E-state index >= 15 is 0 Å². The molecule has 2 heterocycles. The van der Waals surface area contributed by atoms with Crippen LogP contribution in [0.5, 0.6) is 0 Å². The summed E-state index contributed by atoms with van der Waals surface area (Å²) in [5.74, 6) is 0.718. The summed E-state index contributed by atoms with van der Waals surface area (Å²) in [5.41, 5.74) is 1.65. The summed E-state index contributed by atoms with van der Waals surface area (Å²) in [7, 11) is 1.46. The lowest BCUT2D eigenvalue weighted by Crippen LogP contribution is -2.11. The second kappa shape index (κ2) is 4.94. The van der Waals surface area contributed by atoms with Crippen molar-refractivity contribution in [1.29, 1.82) is 0 Å². The standard InChI is InChI=1S/C9H11ClN4O2S2/c1-6(2)4-14-8(7-3-11-5-17-7)12-13-9(14)18(10,15)16/h3,5-6H,4H2,1-2H3. The zero-order valence-corrected chi connectivity index (χ0v) is 12.1. The quantitative estimate of drug-likeness (QED) is 0.807. The minimum atomic E-state index is -3.90. The number of thiazole rings is 1. The molecule has 0 aliphatic rings. The molecule has 2 aromatic heterocycles. The van der Waals surface area contributed by atoms with Crippen molar-refractivity contribution < 1.29 is 8.42 Å². The van der Waals surface area contributed by atoms with E-state index in [0.717, 1.165) is 4.88 Å². The third-order valence-corrected chi connectivity index (χ3v) is 4.06. The van der Waals surface area contributed by atoms with Crippen molar-refractivity contribution in [2.75, 3.05) is 0 Å². The lowest BCUT2D eigenvalue weighted by atomic mass is 10.2. The Labute approximate surface area is 113 Å². The van der Waals surface area contributed by atoms with Crippen LogP contribution >= 0.6 is 22.0 Å². The molecule has 6 nitrogen and oxygen atoms in total. The van der Waals surface area contributed by atoms with E-state index in [9.17, 15) is 8.42 Å². The Kier molecular flexibility index (Phi) is 3.69. The fourth-order valence-electron chi connectivity index (χ4n) is 1.51. The zero-order chi connectivity index (χ0) is 13.3. The Balaban J connectivity index is 2.58. The summed E-state index contributed by atoms with van der Waals surface area (Å²) >= 11 is 1.37. The molecule has 0 fully saturated rings. The van der Waals surface area contributed by atoms with Crippen LogP contribution in [0, 0.1) is 5.92 Å². The van der Waals surface area contributed by atoms with Crippen LogP contribution in [-0.2, 0) is 15.6 Å². The topological polar surface area (TPSA) is 77.7 Å². The molecule has 9 heteroatoms. The van der Waals surface area contributed by atoms with E-state index in [1.807, 2.05) is 13.8 Å². The summed E-state index contributed by atoms with van der Waals surface area (Å²) in [6.45, 7) is 4.42. The van der Waals surface area contributed by atoms with Crippen molar-refractivity contribution in [3.63, 3.8) is 0 Å². The van der Waals surface area contributed by atoms with Crippen LogP contribution in [0.2, 0.25) is 0 Å². The molecule has 0 aliphatic heterocycles. The highest BCUT2D eigenvalue weighted by molar-refractivity contribution is 8.13. The number of halogens is 1. The van der Waals surface area contributed by atoms with Gasteiger partial charge in [-0.2, -0.15) is 0 Å². The van der Waals surface area contributed by atoms with E-state index in [4.69, 9.17) is 10.7 Å². The number of nitrogens with zero attached hydrogens (tertiary/aromatic N) is 4. The molecule has 0 unspecified atom stereocenters. The van der Waals surface area contributed by atoms with Gasteiger partial charge in [-0.25, -0.2) is 8.42 Å². The summed E-state index contributed by atoms with van der Waals surface area (Å²) < 4.78 is 24.4. The fraction of sp³-hybridized carbons (Fsp3) is 0.444. The first kappa shape index (κ1) is 13.4. The van der Waals surface area contributed by atoms with Gasteiger partial charge in [-0.1, -0.05) is 13.8 Å². The largest absolute Gasteiger partial charge is 0.296 e. The Morgan fingerprint density at radius 2 is 2.17 bits per heavy atom. The minimum absolute atomic E-state index is 0.221. The van der Waals surface area contributed by atoms with Crippen LogP contribution < -0.4 is 0 Å². The van der Waals surface area contributed by atoms with Gasteiger partial charge in [0.2, 0.25) is 0 Å². The van der Waals surface area contributed by atoms with Crippen LogP contribution in [0.3, 0.4) is 0 Å². The number of rotatable bonds is 4. The highest BCUT2D eigenvalue weighted by atomic mass is 35.7. The predicted molar refractivity (Wildman–Crippen MR) is 69.0 cm³/mol. The molecule has 98 valence electrons. The number of hydrogen-bond acceptors (Lipinski definition) is 6. The van der Waals surface area contributed by atoms with Crippen molar-refractivity contribution >= 4 is 31.1 Å². The maximum atomic E-state index is 11.4. The summed E-state index contributed by atoms with van der Waals surface area (Å²) in [5, 5.41) is 7.35. The average Bonchev–Trinajstić information content (AvgIpc) is 2.81. The summed E-state index contributed by atoms with van der Waals surface area (Å²) in [6.07, 6.45) is 1.62. The second-order valence-electron chi connectivity index (χ2n) is 4.11. The lowest BCUT2D eigenvalue weighted by Gasteiger charge is -2.10. The van der Waals surface area contributed by atoms with Crippen molar-refractivity contribution in [2.24, 2.45) is 5.92 Å². The lowest BCUT2D eigenvalue weighted by molar-refractivity contribution is 0.489. The Hall–Kier alpha value is -0.990. The Morgan fingerprint density at radius 3 is 2.67 bits per heavy atom.